The molecule has 3 heterocycles. The quantitative estimate of drug-likeness (QED) is 0.646. The first-order valence-electron chi connectivity index (χ1n) is 10.8. The number of nitrogens with two attached hydrogens (primary N) is 1. The van der Waals surface area contributed by atoms with Gasteiger partial charge in [-0.15, -0.1) is 0 Å². The zero-order valence-corrected chi connectivity index (χ0v) is 19.1. The second kappa shape index (κ2) is 10.3. The maximum Gasteiger partial charge on any atom is 0.257 e. The minimum Gasteiger partial charge on any atom is -0.480 e. The summed E-state index contributed by atoms with van der Waals surface area (Å²) in [4.78, 5) is 33.2. The molecule has 1 aromatic rings. The molecule has 2 aliphatic rings. The Balaban J connectivity index is 1.44. The number of nitrogen functional groups attached to an aromatic ring is 1. The predicted molar refractivity (Wildman–Crippen MR) is 121 cm³/mol. The third kappa shape index (κ3) is 5.89. The molecule has 0 aliphatic carbocycles. The van der Waals surface area contributed by atoms with Crippen LogP contribution in [-0.4, -0.2) is 72.5 Å². The van der Waals surface area contributed by atoms with E-state index in [0.29, 0.717) is 17.1 Å². The second-order valence-electron chi connectivity index (χ2n) is 8.48. The zero-order chi connectivity index (χ0) is 22.5. The number of methoxy groups -OCH3 is 1. The minimum absolute atomic E-state index is 0.0734. The predicted octanol–water partition coefficient (Wildman–Crippen LogP) is 2.33. The van der Waals surface area contributed by atoms with Crippen LogP contribution in [0.15, 0.2) is 18.2 Å². The van der Waals surface area contributed by atoms with Crippen LogP contribution in [0.3, 0.4) is 0 Å². The van der Waals surface area contributed by atoms with Gasteiger partial charge in [0.15, 0.2) is 0 Å². The summed E-state index contributed by atoms with van der Waals surface area (Å²) in [6.45, 7) is 10.1. The lowest BCUT2D eigenvalue weighted by Gasteiger charge is -2.38. The molecule has 0 bridgehead atoms. The van der Waals surface area contributed by atoms with Gasteiger partial charge in [-0.05, 0) is 44.6 Å². The fraction of sp³-hybridized carbons (Fsp3) is 0.591. The number of rotatable bonds is 6. The third-order valence-corrected chi connectivity index (χ3v) is 6.41. The van der Waals surface area contributed by atoms with E-state index in [9.17, 15) is 9.59 Å². The summed E-state index contributed by atoms with van der Waals surface area (Å²) in [5.74, 6) is 0.738. The first-order valence-corrected chi connectivity index (χ1v) is 11.1. The van der Waals surface area contributed by atoms with Crippen molar-refractivity contribution >= 4 is 29.2 Å². The number of pyridine rings is 1. The number of carbonyl (C=O) groups is 2. The highest BCUT2D eigenvalue weighted by Crippen LogP contribution is 2.26. The molecule has 2 saturated heterocycles. The molecule has 2 aliphatic heterocycles. The summed E-state index contributed by atoms with van der Waals surface area (Å²) in [5, 5.41) is 3.31. The topological polar surface area (TPSA) is 101 Å². The lowest BCUT2D eigenvalue weighted by molar-refractivity contribution is -0.128. The largest absolute Gasteiger partial charge is 0.480 e. The number of hydrogen-bond donors (Lipinski definition) is 2. The Morgan fingerprint density at radius 1 is 1.26 bits per heavy atom. The molecule has 0 radical (unpaired) electrons. The van der Waals surface area contributed by atoms with E-state index in [2.05, 4.69) is 21.8 Å². The number of nitrogens with one attached hydrogen (secondary N) is 1. The van der Waals surface area contributed by atoms with Crippen LogP contribution in [0.25, 0.3) is 0 Å². The first kappa shape index (κ1) is 23.3. The van der Waals surface area contributed by atoms with Gasteiger partial charge in [-0.2, -0.15) is 4.98 Å². The highest BCUT2D eigenvalue weighted by Gasteiger charge is 2.27. The van der Waals surface area contributed by atoms with Crippen molar-refractivity contribution in [3.63, 3.8) is 0 Å². The summed E-state index contributed by atoms with van der Waals surface area (Å²) in [6.07, 6.45) is 3.83. The lowest BCUT2D eigenvalue weighted by atomic mass is 9.94. The van der Waals surface area contributed by atoms with Crippen molar-refractivity contribution in [2.75, 3.05) is 45.6 Å². The normalized spacial score (nSPS) is 18.6. The van der Waals surface area contributed by atoms with Crippen molar-refractivity contribution in [1.82, 2.24) is 20.1 Å². The van der Waals surface area contributed by atoms with E-state index in [4.69, 9.17) is 22.1 Å². The van der Waals surface area contributed by atoms with E-state index in [1.165, 1.54) is 13.2 Å². The molecule has 8 nitrogen and oxygen atoms in total. The van der Waals surface area contributed by atoms with Crippen molar-refractivity contribution in [2.45, 2.75) is 38.6 Å². The fourth-order valence-electron chi connectivity index (χ4n) is 4.28. The molecule has 3 N–H and O–H groups in total. The van der Waals surface area contributed by atoms with Crippen LogP contribution < -0.4 is 15.8 Å². The molecule has 0 spiro atoms. The van der Waals surface area contributed by atoms with Crippen LogP contribution in [0.1, 0.15) is 43.0 Å². The average molecular weight is 450 g/mol. The number of ether oxygens (including phenoxy) is 1. The zero-order valence-electron chi connectivity index (χ0n) is 18.3. The molecule has 0 aromatic carbocycles. The number of aromatic nitrogens is 1. The van der Waals surface area contributed by atoms with E-state index in [-0.39, 0.29) is 34.6 Å². The Bertz CT molecular complexity index is 831. The lowest BCUT2D eigenvalue weighted by Crippen LogP contribution is -2.47. The van der Waals surface area contributed by atoms with Crippen LogP contribution in [-0.2, 0) is 4.79 Å². The molecular weight excluding hydrogens is 418 g/mol. The van der Waals surface area contributed by atoms with Gasteiger partial charge in [0.25, 0.3) is 5.91 Å². The smallest absolute Gasteiger partial charge is 0.257 e. The van der Waals surface area contributed by atoms with Gasteiger partial charge in [0.1, 0.15) is 11.4 Å². The van der Waals surface area contributed by atoms with Crippen molar-refractivity contribution in [3.05, 3.63) is 28.8 Å². The Hall–Kier alpha value is -2.32. The van der Waals surface area contributed by atoms with Gasteiger partial charge in [0, 0.05) is 44.3 Å². The molecule has 3 rings (SSSR count). The Labute approximate surface area is 188 Å². The van der Waals surface area contributed by atoms with Gasteiger partial charge in [0.2, 0.25) is 11.8 Å². The number of carbonyl (C=O) groups excluding carboxylic acids is 2. The summed E-state index contributed by atoms with van der Waals surface area (Å²) < 4.78 is 5.18. The van der Waals surface area contributed by atoms with E-state index >= 15 is 0 Å². The molecule has 2 amide bonds. The van der Waals surface area contributed by atoms with Crippen LogP contribution >= 0.6 is 11.6 Å². The maximum atomic E-state index is 12.7. The summed E-state index contributed by atoms with van der Waals surface area (Å²) in [6, 6.07) is 1.60. The molecule has 0 saturated carbocycles. The van der Waals surface area contributed by atoms with Crippen LogP contribution in [0, 0.1) is 5.92 Å². The summed E-state index contributed by atoms with van der Waals surface area (Å²) in [5.41, 5.74) is 6.59. The Kier molecular flexibility index (Phi) is 7.78. The van der Waals surface area contributed by atoms with Crippen molar-refractivity contribution in [1.29, 1.82) is 0 Å². The highest BCUT2D eigenvalue weighted by atomic mass is 35.5. The number of likely N-dealkylation sites (tertiary alicyclic amines) is 2. The van der Waals surface area contributed by atoms with Gasteiger partial charge in [0.05, 0.1) is 12.1 Å². The molecular formula is C22H32ClN5O3. The van der Waals surface area contributed by atoms with Crippen LogP contribution in [0.2, 0.25) is 5.02 Å². The van der Waals surface area contributed by atoms with Crippen molar-refractivity contribution in [2.24, 2.45) is 5.92 Å². The minimum atomic E-state index is -0.251. The average Bonchev–Trinajstić information content (AvgIpc) is 2.76. The number of piperidine rings is 2. The molecule has 31 heavy (non-hydrogen) atoms. The SMILES string of the molecule is C=C(C)C(=O)N1CCC(CN2CCC(NC(=O)c3cc(Cl)c(N)nc3OC)CC2)CC1. The number of hydrogen-bond acceptors (Lipinski definition) is 6. The van der Waals surface area contributed by atoms with E-state index in [1.54, 1.807) is 6.92 Å². The standard InChI is InChI=1S/C22H32ClN5O3/c1-14(2)22(30)28-10-4-15(5-11-28)13-27-8-6-16(7-9-27)25-20(29)17-12-18(23)19(24)26-21(17)31-3/h12,15-16H,1,4-11,13H2,2-3H3,(H2,24,26)(H,25,29). The molecule has 0 unspecified atom stereocenters. The number of amides is 2. The van der Waals surface area contributed by atoms with Gasteiger partial charge >= 0.3 is 0 Å². The second-order valence-corrected chi connectivity index (χ2v) is 8.88. The van der Waals surface area contributed by atoms with Gasteiger partial charge in [-0.25, -0.2) is 0 Å². The highest BCUT2D eigenvalue weighted by molar-refractivity contribution is 6.33. The van der Waals surface area contributed by atoms with Gasteiger partial charge in [-0.1, -0.05) is 18.2 Å². The summed E-state index contributed by atoms with van der Waals surface area (Å²) >= 11 is 6.03. The molecule has 0 atom stereocenters. The number of halogens is 1. The molecule has 9 heteroatoms. The van der Waals surface area contributed by atoms with Crippen molar-refractivity contribution in [3.8, 4) is 5.88 Å². The number of nitrogens with zero attached hydrogens (tertiary/aromatic N) is 3. The molecule has 170 valence electrons. The van der Waals surface area contributed by atoms with E-state index in [1.807, 2.05) is 4.90 Å². The Morgan fingerprint density at radius 2 is 1.90 bits per heavy atom. The molecule has 1 aromatic heterocycles. The van der Waals surface area contributed by atoms with Crippen LogP contribution in [0.5, 0.6) is 5.88 Å². The van der Waals surface area contributed by atoms with Crippen LogP contribution in [0.4, 0.5) is 5.82 Å². The monoisotopic (exact) mass is 449 g/mol. The maximum absolute atomic E-state index is 12.7. The fourth-order valence-corrected chi connectivity index (χ4v) is 4.43. The molecule has 2 fully saturated rings. The van der Waals surface area contributed by atoms with Crippen molar-refractivity contribution < 1.29 is 14.3 Å². The van der Waals surface area contributed by atoms with Gasteiger partial charge < -0.3 is 25.6 Å². The summed E-state index contributed by atoms with van der Waals surface area (Å²) in [7, 11) is 1.45. The van der Waals surface area contributed by atoms with E-state index in [0.717, 1.165) is 58.4 Å². The van der Waals surface area contributed by atoms with Gasteiger partial charge in [-0.3, -0.25) is 9.59 Å². The first-order chi connectivity index (χ1) is 14.8. The van der Waals surface area contributed by atoms with E-state index < -0.39 is 0 Å². The Morgan fingerprint density at radius 3 is 2.48 bits per heavy atom. The number of anilines is 1. The third-order valence-electron chi connectivity index (χ3n) is 6.11.